The Hall–Kier alpha value is -1.90. The first-order chi connectivity index (χ1) is 8.06. The second-order valence-electron chi connectivity index (χ2n) is 4.42. The number of hydrogen-bond donors (Lipinski definition) is 1. The second kappa shape index (κ2) is 3.29. The lowest BCUT2D eigenvalue weighted by molar-refractivity contribution is 0.627. The molecule has 2 aromatic carbocycles. The molecule has 0 spiro atoms. The third kappa shape index (κ3) is 1.42. The molecule has 3 rings (SSSR count). The van der Waals surface area contributed by atoms with Crippen LogP contribution < -0.4 is 0 Å². The molecule has 1 N–H and O–H groups in total. The average Bonchev–Trinajstić information content (AvgIpc) is 2.58. The highest BCUT2D eigenvalue weighted by molar-refractivity contribution is 6.09. The predicted octanol–water partition coefficient (Wildman–Crippen LogP) is 4.22. The number of halogens is 2. The number of fused-ring (bicyclic) bond motifs is 3. The minimum atomic E-state index is -0.294. The summed E-state index contributed by atoms with van der Waals surface area (Å²) < 4.78 is 26.8. The Morgan fingerprint density at radius 2 is 1.18 bits per heavy atom. The number of aromatic nitrogens is 1. The smallest absolute Gasteiger partial charge is 0.124 e. The zero-order valence-corrected chi connectivity index (χ0v) is 9.57. The molecule has 3 heteroatoms. The van der Waals surface area contributed by atoms with Crippen LogP contribution >= 0.6 is 0 Å². The van der Waals surface area contributed by atoms with E-state index in [0.29, 0.717) is 0 Å². The van der Waals surface area contributed by atoms with E-state index in [1.807, 2.05) is 13.8 Å². The fourth-order valence-electron chi connectivity index (χ4n) is 2.37. The van der Waals surface area contributed by atoms with Crippen LogP contribution in [-0.4, -0.2) is 4.98 Å². The van der Waals surface area contributed by atoms with E-state index in [2.05, 4.69) is 4.98 Å². The lowest BCUT2D eigenvalue weighted by atomic mass is 10.1. The summed E-state index contributed by atoms with van der Waals surface area (Å²) in [5.41, 5.74) is 3.40. The summed E-state index contributed by atoms with van der Waals surface area (Å²) in [5, 5.41) is 1.47. The summed E-state index contributed by atoms with van der Waals surface area (Å²) in [4.78, 5) is 3.24. The van der Waals surface area contributed by atoms with E-state index in [1.165, 1.54) is 24.3 Å². The van der Waals surface area contributed by atoms with Gasteiger partial charge in [-0.3, -0.25) is 0 Å². The van der Waals surface area contributed by atoms with Gasteiger partial charge in [0.15, 0.2) is 0 Å². The van der Waals surface area contributed by atoms with Gasteiger partial charge in [0.05, 0.1) is 0 Å². The van der Waals surface area contributed by atoms with Crippen LogP contribution in [0.15, 0.2) is 24.3 Å². The van der Waals surface area contributed by atoms with Crippen molar-refractivity contribution < 1.29 is 8.78 Å². The summed E-state index contributed by atoms with van der Waals surface area (Å²) in [5.74, 6) is -0.587. The molecule has 0 saturated heterocycles. The first-order valence-corrected chi connectivity index (χ1v) is 5.44. The van der Waals surface area contributed by atoms with Crippen molar-refractivity contribution in [3.8, 4) is 0 Å². The van der Waals surface area contributed by atoms with Crippen molar-refractivity contribution in [2.24, 2.45) is 0 Å². The highest BCUT2D eigenvalue weighted by Crippen LogP contribution is 2.30. The van der Waals surface area contributed by atoms with Crippen LogP contribution in [0.4, 0.5) is 8.78 Å². The van der Waals surface area contributed by atoms with E-state index in [4.69, 9.17) is 0 Å². The Labute approximate surface area is 97.1 Å². The Morgan fingerprint density at radius 1 is 0.765 bits per heavy atom. The quantitative estimate of drug-likeness (QED) is 0.596. The predicted molar refractivity (Wildman–Crippen MR) is 65.2 cm³/mol. The summed E-state index contributed by atoms with van der Waals surface area (Å²) in [7, 11) is 0. The molecule has 0 aliphatic carbocycles. The number of nitrogens with one attached hydrogen (secondary N) is 1. The van der Waals surface area contributed by atoms with Crippen LogP contribution in [0.25, 0.3) is 21.8 Å². The number of aromatic amines is 1. The summed E-state index contributed by atoms with van der Waals surface area (Å²) in [6.45, 7) is 3.68. The largest absolute Gasteiger partial charge is 0.354 e. The van der Waals surface area contributed by atoms with Gasteiger partial charge in [-0.1, -0.05) is 0 Å². The number of rotatable bonds is 0. The zero-order valence-electron chi connectivity index (χ0n) is 9.57. The van der Waals surface area contributed by atoms with E-state index < -0.39 is 0 Å². The number of aryl methyl sites for hydroxylation is 2. The molecule has 0 radical (unpaired) electrons. The van der Waals surface area contributed by atoms with Gasteiger partial charge in [0.1, 0.15) is 11.6 Å². The monoisotopic (exact) mass is 231 g/mol. The molecular weight excluding hydrogens is 220 g/mol. The van der Waals surface area contributed by atoms with Gasteiger partial charge in [-0.25, -0.2) is 8.78 Å². The van der Waals surface area contributed by atoms with Crippen LogP contribution in [0.3, 0.4) is 0 Å². The lowest BCUT2D eigenvalue weighted by Gasteiger charge is -1.97. The molecule has 0 saturated carbocycles. The van der Waals surface area contributed by atoms with E-state index in [1.54, 1.807) is 0 Å². The molecule has 1 nitrogen and oxygen atoms in total. The topological polar surface area (TPSA) is 15.8 Å². The van der Waals surface area contributed by atoms with Crippen LogP contribution in [0.5, 0.6) is 0 Å². The molecule has 0 atom stereocenters. The molecule has 3 aromatic rings. The van der Waals surface area contributed by atoms with Crippen molar-refractivity contribution >= 4 is 21.8 Å². The first kappa shape index (κ1) is 10.3. The van der Waals surface area contributed by atoms with Gasteiger partial charge in [0.25, 0.3) is 0 Å². The third-order valence-electron chi connectivity index (χ3n) is 3.14. The summed E-state index contributed by atoms with van der Waals surface area (Å²) in [6.07, 6.45) is 0. The van der Waals surface area contributed by atoms with Gasteiger partial charge < -0.3 is 4.98 Å². The molecule has 0 aliphatic heterocycles. The van der Waals surface area contributed by atoms with E-state index in [-0.39, 0.29) is 11.6 Å². The van der Waals surface area contributed by atoms with Crippen molar-refractivity contribution in [3.05, 3.63) is 47.0 Å². The number of hydrogen-bond acceptors (Lipinski definition) is 0. The van der Waals surface area contributed by atoms with Crippen molar-refractivity contribution in [2.75, 3.05) is 0 Å². The molecule has 0 amide bonds. The lowest BCUT2D eigenvalue weighted by Crippen LogP contribution is -1.79. The summed E-state index contributed by atoms with van der Waals surface area (Å²) >= 11 is 0. The molecule has 1 aromatic heterocycles. The second-order valence-corrected chi connectivity index (χ2v) is 4.42. The van der Waals surface area contributed by atoms with Crippen molar-refractivity contribution in [1.82, 2.24) is 4.98 Å². The molecule has 1 heterocycles. The van der Waals surface area contributed by atoms with Gasteiger partial charge >= 0.3 is 0 Å². The van der Waals surface area contributed by atoms with Gasteiger partial charge in [-0.05, 0) is 49.2 Å². The van der Waals surface area contributed by atoms with Crippen molar-refractivity contribution in [1.29, 1.82) is 0 Å². The average molecular weight is 231 g/mol. The highest BCUT2D eigenvalue weighted by Gasteiger charge is 2.10. The van der Waals surface area contributed by atoms with Crippen LogP contribution in [0.1, 0.15) is 11.1 Å². The first-order valence-electron chi connectivity index (χ1n) is 5.44. The van der Waals surface area contributed by atoms with Crippen molar-refractivity contribution in [3.63, 3.8) is 0 Å². The molecule has 17 heavy (non-hydrogen) atoms. The molecular formula is C14H11F2N. The SMILES string of the molecule is Cc1cc(F)cc2c1[nH]c1c(C)cc(F)cc12. The Bertz CT molecular complexity index is 679. The summed E-state index contributed by atoms with van der Waals surface area (Å²) in [6, 6.07) is 5.84. The van der Waals surface area contributed by atoms with Crippen LogP contribution in [0.2, 0.25) is 0 Å². The number of benzene rings is 2. The van der Waals surface area contributed by atoms with Crippen molar-refractivity contribution in [2.45, 2.75) is 13.8 Å². The molecule has 86 valence electrons. The maximum Gasteiger partial charge on any atom is 0.124 e. The Morgan fingerprint density at radius 3 is 1.59 bits per heavy atom. The van der Waals surface area contributed by atoms with Gasteiger partial charge in [0, 0.05) is 21.8 Å². The Kier molecular flexibility index (Phi) is 1.99. The van der Waals surface area contributed by atoms with Gasteiger partial charge in [-0.15, -0.1) is 0 Å². The van der Waals surface area contributed by atoms with Crippen LogP contribution in [0, 0.1) is 25.5 Å². The van der Waals surface area contributed by atoms with E-state index in [0.717, 1.165) is 32.9 Å². The van der Waals surface area contributed by atoms with E-state index >= 15 is 0 Å². The Balaban J connectivity index is 2.60. The number of H-pyrrole nitrogens is 1. The molecule has 0 bridgehead atoms. The van der Waals surface area contributed by atoms with E-state index in [9.17, 15) is 8.78 Å². The third-order valence-corrected chi connectivity index (χ3v) is 3.14. The van der Waals surface area contributed by atoms with Gasteiger partial charge in [-0.2, -0.15) is 0 Å². The van der Waals surface area contributed by atoms with Gasteiger partial charge in [0.2, 0.25) is 0 Å². The zero-order chi connectivity index (χ0) is 12.2. The fourth-order valence-corrected chi connectivity index (χ4v) is 2.37. The molecule has 0 fully saturated rings. The minimum absolute atomic E-state index is 0.294. The highest BCUT2D eigenvalue weighted by atomic mass is 19.1. The molecule has 0 aliphatic rings. The minimum Gasteiger partial charge on any atom is -0.354 e. The normalized spacial score (nSPS) is 11.5. The maximum absolute atomic E-state index is 13.4. The molecule has 0 unspecified atom stereocenters. The van der Waals surface area contributed by atoms with Crippen LogP contribution in [-0.2, 0) is 0 Å². The fraction of sp³-hybridized carbons (Fsp3) is 0.143. The maximum atomic E-state index is 13.4. The standard InChI is InChI=1S/C14H11F2N/c1-7-3-9(15)5-11-12-6-10(16)4-8(2)14(12)17-13(7)11/h3-6,17H,1-2H3.